The van der Waals surface area contributed by atoms with Crippen molar-refractivity contribution in [1.29, 1.82) is 0 Å². The molecular weight excluding hydrogens is 242 g/mol. The molecule has 0 aromatic rings. The lowest BCUT2D eigenvalue weighted by atomic mass is 9.70. The van der Waals surface area contributed by atoms with E-state index in [1.54, 1.807) is 0 Å². The second-order valence-corrected chi connectivity index (χ2v) is 7.28. The summed E-state index contributed by atoms with van der Waals surface area (Å²) in [5.41, 5.74) is 0.356. The van der Waals surface area contributed by atoms with E-state index in [4.69, 9.17) is 4.74 Å². The topological polar surface area (TPSA) is 49.8 Å². The Morgan fingerprint density at radius 3 is 2.58 bits per heavy atom. The maximum atomic E-state index is 11.3. The van der Waals surface area contributed by atoms with Crippen molar-refractivity contribution in [3.63, 3.8) is 0 Å². The number of hydrogen-bond acceptors (Lipinski definition) is 3. The summed E-state index contributed by atoms with van der Waals surface area (Å²) >= 11 is 0. The quantitative estimate of drug-likeness (QED) is 0.853. The fourth-order valence-electron chi connectivity index (χ4n) is 4.06. The third-order valence-corrected chi connectivity index (χ3v) is 4.83. The summed E-state index contributed by atoms with van der Waals surface area (Å²) in [6.07, 6.45) is 3.58. The minimum absolute atomic E-state index is 0.0311. The second-order valence-electron chi connectivity index (χ2n) is 7.28. The van der Waals surface area contributed by atoms with Gasteiger partial charge in [0.1, 0.15) is 0 Å². The predicted octanol–water partition coefficient (Wildman–Crippen LogP) is 2.23. The molecule has 110 valence electrons. The second kappa shape index (κ2) is 5.41. The molecule has 4 atom stereocenters. The van der Waals surface area contributed by atoms with Crippen molar-refractivity contribution in [1.82, 2.24) is 4.90 Å². The molecule has 0 aromatic carbocycles. The molecule has 1 saturated heterocycles. The number of rotatable bonds is 3. The van der Waals surface area contributed by atoms with E-state index in [2.05, 4.69) is 32.7 Å². The highest BCUT2D eigenvalue weighted by Gasteiger charge is 2.42. The minimum Gasteiger partial charge on any atom is -0.481 e. The number of ether oxygens (including phenoxy) is 1. The number of hydrogen-bond donors (Lipinski definition) is 1. The fourth-order valence-corrected chi connectivity index (χ4v) is 4.06. The smallest absolute Gasteiger partial charge is 0.310 e. The van der Waals surface area contributed by atoms with Gasteiger partial charge in [0.25, 0.3) is 0 Å². The molecule has 1 aliphatic heterocycles. The molecule has 4 heteroatoms. The number of aliphatic carboxylic acids is 1. The normalized spacial score (nSPS) is 38.6. The van der Waals surface area contributed by atoms with Gasteiger partial charge < -0.3 is 9.84 Å². The molecule has 19 heavy (non-hydrogen) atoms. The molecule has 2 aliphatic rings. The van der Waals surface area contributed by atoms with Crippen LogP contribution in [0.25, 0.3) is 0 Å². The van der Waals surface area contributed by atoms with Crippen molar-refractivity contribution in [2.24, 2.45) is 17.3 Å². The van der Waals surface area contributed by atoms with Gasteiger partial charge in [0.05, 0.1) is 19.1 Å². The van der Waals surface area contributed by atoms with Gasteiger partial charge in [-0.2, -0.15) is 0 Å². The molecule has 0 spiro atoms. The SMILES string of the molecule is CC1CC(N(C)C2COCC2C(=O)O)CC(C)(C)C1. The molecule has 1 aliphatic carbocycles. The van der Waals surface area contributed by atoms with E-state index in [-0.39, 0.29) is 12.0 Å². The van der Waals surface area contributed by atoms with Crippen molar-refractivity contribution < 1.29 is 14.6 Å². The van der Waals surface area contributed by atoms with Gasteiger partial charge in [0.2, 0.25) is 0 Å². The summed E-state index contributed by atoms with van der Waals surface area (Å²) in [4.78, 5) is 13.6. The van der Waals surface area contributed by atoms with Gasteiger partial charge >= 0.3 is 5.97 Å². The van der Waals surface area contributed by atoms with Crippen LogP contribution in [0.2, 0.25) is 0 Å². The van der Waals surface area contributed by atoms with Crippen LogP contribution in [0, 0.1) is 17.3 Å². The van der Waals surface area contributed by atoms with E-state index in [9.17, 15) is 9.90 Å². The van der Waals surface area contributed by atoms with Gasteiger partial charge in [-0.15, -0.1) is 0 Å². The average Bonchev–Trinajstić information content (AvgIpc) is 2.73. The first-order valence-corrected chi connectivity index (χ1v) is 7.32. The van der Waals surface area contributed by atoms with Gasteiger partial charge in [-0.1, -0.05) is 20.8 Å². The Morgan fingerprint density at radius 2 is 2.00 bits per heavy atom. The van der Waals surface area contributed by atoms with E-state index < -0.39 is 5.97 Å². The van der Waals surface area contributed by atoms with Crippen LogP contribution >= 0.6 is 0 Å². The molecular formula is C15H27NO3. The van der Waals surface area contributed by atoms with Gasteiger partial charge in [0, 0.05) is 12.1 Å². The number of carbonyl (C=O) groups is 1. The van der Waals surface area contributed by atoms with Gasteiger partial charge in [-0.05, 0) is 37.6 Å². The lowest BCUT2D eigenvalue weighted by molar-refractivity contribution is -0.143. The first-order chi connectivity index (χ1) is 8.80. The van der Waals surface area contributed by atoms with Gasteiger partial charge in [0.15, 0.2) is 0 Å². The van der Waals surface area contributed by atoms with Gasteiger partial charge in [-0.3, -0.25) is 9.69 Å². The summed E-state index contributed by atoms with van der Waals surface area (Å²) in [6.45, 7) is 7.86. The Balaban J connectivity index is 2.06. The monoisotopic (exact) mass is 269 g/mol. The molecule has 1 N–H and O–H groups in total. The van der Waals surface area contributed by atoms with Crippen LogP contribution in [-0.4, -0.2) is 48.3 Å². The maximum Gasteiger partial charge on any atom is 0.310 e. The molecule has 2 rings (SSSR count). The first-order valence-electron chi connectivity index (χ1n) is 7.32. The molecule has 0 aromatic heterocycles. The number of carboxylic acids is 1. The van der Waals surface area contributed by atoms with Crippen molar-refractivity contribution in [2.45, 2.75) is 52.1 Å². The zero-order chi connectivity index (χ0) is 14.2. The molecule has 0 radical (unpaired) electrons. The Hall–Kier alpha value is -0.610. The van der Waals surface area contributed by atoms with Crippen molar-refractivity contribution >= 4 is 5.97 Å². The van der Waals surface area contributed by atoms with Crippen LogP contribution in [0.5, 0.6) is 0 Å². The van der Waals surface area contributed by atoms with Crippen molar-refractivity contribution in [2.75, 3.05) is 20.3 Å². The number of nitrogens with zero attached hydrogens (tertiary/aromatic N) is 1. The van der Waals surface area contributed by atoms with E-state index >= 15 is 0 Å². The third-order valence-electron chi connectivity index (χ3n) is 4.83. The van der Waals surface area contributed by atoms with Crippen LogP contribution in [0.4, 0.5) is 0 Å². The third kappa shape index (κ3) is 3.29. The largest absolute Gasteiger partial charge is 0.481 e. The highest BCUT2D eigenvalue weighted by atomic mass is 16.5. The van der Waals surface area contributed by atoms with Crippen LogP contribution in [0.3, 0.4) is 0 Å². The Labute approximate surface area is 116 Å². The molecule has 0 bridgehead atoms. The maximum absolute atomic E-state index is 11.3. The summed E-state index contributed by atoms with van der Waals surface area (Å²) in [5.74, 6) is -0.385. The first kappa shape index (κ1) is 14.8. The number of likely N-dealkylation sites (N-methyl/N-ethyl adjacent to an activating group) is 1. The summed E-state index contributed by atoms with van der Waals surface area (Å²) in [6, 6.07) is 0.510. The van der Waals surface area contributed by atoms with E-state index in [0.717, 1.165) is 6.42 Å². The van der Waals surface area contributed by atoms with E-state index in [1.165, 1.54) is 12.8 Å². The minimum atomic E-state index is -0.725. The predicted molar refractivity (Wildman–Crippen MR) is 74.1 cm³/mol. The van der Waals surface area contributed by atoms with Crippen LogP contribution < -0.4 is 0 Å². The highest BCUT2D eigenvalue weighted by Crippen LogP contribution is 2.41. The average molecular weight is 269 g/mol. The highest BCUT2D eigenvalue weighted by molar-refractivity contribution is 5.71. The Bertz CT molecular complexity index is 342. The summed E-state index contributed by atoms with van der Waals surface area (Å²) in [7, 11) is 2.08. The molecule has 4 unspecified atom stereocenters. The summed E-state index contributed by atoms with van der Waals surface area (Å²) in [5, 5.41) is 9.28. The fraction of sp³-hybridized carbons (Fsp3) is 0.933. The Morgan fingerprint density at radius 1 is 1.32 bits per heavy atom. The van der Waals surface area contributed by atoms with E-state index in [0.29, 0.717) is 30.6 Å². The van der Waals surface area contributed by atoms with E-state index in [1.807, 2.05) is 0 Å². The molecule has 1 heterocycles. The number of carboxylic acid groups (broad SMARTS) is 1. The standard InChI is InChI=1S/C15H27NO3/c1-10-5-11(7-15(2,3)6-10)16(4)13-9-19-8-12(13)14(17)18/h10-13H,5-9H2,1-4H3,(H,17,18). The zero-order valence-corrected chi connectivity index (χ0v) is 12.6. The zero-order valence-electron chi connectivity index (χ0n) is 12.6. The van der Waals surface area contributed by atoms with Crippen LogP contribution in [0.1, 0.15) is 40.0 Å². The van der Waals surface area contributed by atoms with Crippen LogP contribution in [0.15, 0.2) is 0 Å². The molecule has 4 nitrogen and oxygen atoms in total. The van der Waals surface area contributed by atoms with Crippen molar-refractivity contribution in [3.05, 3.63) is 0 Å². The lowest BCUT2D eigenvalue weighted by Crippen LogP contribution is -2.49. The summed E-state index contributed by atoms with van der Waals surface area (Å²) < 4.78 is 5.40. The van der Waals surface area contributed by atoms with Crippen LogP contribution in [-0.2, 0) is 9.53 Å². The van der Waals surface area contributed by atoms with Crippen molar-refractivity contribution in [3.8, 4) is 0 Å². The molecule has 1 saturated carbocycles. The lowest BCUT2D eigenvalue weighted by Gasteiger charge is -2.45. The Kier molecular flexibility index (Phi) is 4.21. The van der Waals surface area contributed by atoms with Gasteiger partial charge in [-0.25, -0.2) is 0 Å². The molecule has 0 amide bonds. The molecule has 2 fully saturated rings.